The molecular formula is C39H53N5O7. The third-order valence-corrected chi connectivity index (χ3v) is 8.62. The van der Waals surface area contributed by atoms with Gasteiger partial charge in [0.2, 0.25) is 11.8 Å². The first-order valence-corrected chi connectivity index (χ1v) is 17.1. The van der Waals surface area contributed by atoms with E-state index in [1.54, 1.807) is 27.0 Å². The minimum Gasteiger partial charge on any atom is -0.465 e. The van der Waals surface area contributed by atoms with Gasteiger partial charge in [0.15, 0.2) is 0 Å². The van der Waals surface area contributed by atoms with Crippen molar-refractivity contribution in [2.75, 3.05) is 7.11 Å². The Kier molecular flexibility index (Phi) is 14.1. The summed E-state index contributed by atoms with van der Waals surface area (Å²) in [6.45, 7) is 12.6. The SMILES string of the molecule is COC(=O)N[C@H](C(=O)N[C@@H](Cc1ccccc1)C[C@H](O)[C@H](Cc1ccc(-c2ccc(C)nc2)cc1)NC(=O)[C@H](NC(=O)O)C(C)(C)C)C(C)(C)C. The van der Waals surface area contributed by atoms with Crippen LogP contribution in [-0.2, 0) is 27.2 Å². The van der Waals surface area contributed by atoms with Gasteiger partial charge >= 0.3 is 12.2 Å². The molecular weight excluding hydrogens is 650 g/mol. The number of nitrogens with zero attached hydrogens (tertiary/aromatic N) is 1. The smallest absolute Gasteiger partial charge is 0.407 e. The summed E-state index contributed by atoms with van der Waals surface area (Å²) in [5.74, 6) is -1.05. The number of alkyl carbamates (subject to hydrolysis) is 1. The zero-order valence-electron chi connectivity index (χ0n) is 30.8. The Morgan fingerprint density at radius 3 is 1.80 bits per heavy atom. The molecule has 0 saturated carbocycles. The lowest BCUT2D eigenvalue weighted by Gasteiger charge is -2.34. The Bertz CT molecular complexity index is 1600. The highest BCUT2D eigenvalue weighted by molar-refractivity contribution is 5.87. The number of amides is 4. The molecule has 4 amide bonds. The van der Waals surface area contributed by atoms with Crippen LogP contribution >= 0.6 is 0 Å². The third kappa shape index (κ3) is 12.7. The number of carbonyl (C=O) groups is 4. The second-order valence-electron chi connectivity index (χ2n) is 15.1. The predicted octanol–water partition coefficient (Wildman–Crippen LogP) is 5.02. The molecule has 0 spiro atoms. The summed E-state index contributed by atoms with van der Waals surface area (Å²) in [7, 11) is 1.22. The van der Waals surface area contributed by atoms with Crippen LogP contribution in [0.2, 0.25) is 0 Å². The molecule has 0 saturated heterocycles. The fourth-order valence-corrected chi connectivity index (χ4v) is 5.76. The van der Waals surface area contributed by atoms with Gasteiger partial charge in [0.1, 0.15) is 12.1 Å². The first-order chi connectivity index (χ1) is 23.9. The molecule has 12 heteroatoms. The lowest BCUT2D eigenvalue weighted by atomic mass is 9.85. The molecule has 0 bridgehead atoms. The Labute approximate surface area is 300 Å². The zero-order valence-corrected chi connectivity index (χ0v) is 30.8. The van der Waals surface area contributed by atoms with Crippen LogP contribution in [0.1, 0.15) is 64.8 Å². The Morgan fingerprint density at radius 2 is 1.27 bits per heavy atom. The summed E-state index contributed by atoms with van der Waals surface area (Å²) in [6, 6.07) is 17.5. The second-order valence-corrected chi connectivity index (χ2v) is 15.1. The Balaban J connectivity index is 1.95. The molecule has 0 fully saturated rings. The van der Waals surface area contributed by atoms with E-state index in [4.69, 9.17) is 4.74 Å². The number of hydrogen-bond acceptors (Lipinski definition) is 7. The largest absolute Gasteiger partial charge is 0.465 e. The molecule has 0 aliphatic rings. The topological polar surface area (TPSA) is 179 Å². The van der Waals surface area contributed by atoms with Gasteiger partial charge in [-0.1, -0.05) is 102 Å². The number of carbonyl (C=O) groups excluding carboxylic acids is 3. The number of rotatable bonds is 14. The van der Waals surface area contributed by atoms with Crippen LogP contribution in [0.4, 0.5) is 9.59 Å². The van der Waals surface area contributed by atoms with Crippen LogP contribution in [-0.4, -0.2) is 76.6 Å². The fraction of sp³-hybridized carbons (Fsp3) is 0.462. The monoisotopic (exact) mass is 703 g/mol. The van der Waals surface area contributed by atoms with Crippen molar-refractivity contribution < 1.29 is 34.1 Å². The number of nitrogens with one attached hydrogen (secondary N) is 4. The Hall–Kier alpha value is -4.97. The first-order valence-electron chi connectivity index (χ1n) is 17.1. The molecule has 0 radical (unpaired) electrons. The minimum absolute atomic E-state index is 0.0281. The van der Waals surface area contributed by atoms with E-state index in [-0.39, 0.29) is 12.8 Å². The number of benzene rings is 2. The van der Waals surface area contributed by atoms with E-state index in [9.17, 15) is 29.4 Å². The summed E-state index contributed by atoms with van der Waals surface area (Å²) < 4.78 is 4.77. The van der Waals surface area contributed by atoms with Crippen molar-refractivity contribution in [2.45, 2.75) is 98.0 Å². The number of aliphatic hydroxyl groups is 1. The highest BCUT2D eigenvalue weighted by Crippen LogP contribution is 2.24. The van der Waals surface area contributed by atoms with Crippen molar-refractivity contribution in [2.24, 2.45) is 10.8 Å². The number of aryl methyl sites for hydroxylation is 1. The number of aliphatic hydroxyl groups excluding tert-OH is 1. The average Bonchev–Trinajstić information content (AvgIpc) is 3.05. The number of pyridine rings is 1. The van der Waals surface area contributed by atoms with Crippen LogP contribution in [0.25, 0.3) is 11.1 Å². The maximum Gasteiger partial charge on any atom is 0.407 e. The van der Waals surface area contributed by atoms with Crippen molar-refractivity contribution >= 4 is 24.0 Å². The molecule has 6 N–H and O–H groups in total. The van der Waals surface area contributed by atoms with Crippen LogP contribution in [0, 0.1) is 17.8 Å². The molecule has 5 atom stereocenters. The standard InChI is InChI=1S/C39H53N5O7/c1-24-14-17-28(23-40-24)27-18-15-26(16-19-27)21-30(42-35(47)32(38(2,3)4)43-36(48)49)31(45)22-29(20-25-12-10-9-11-13-25)41-34(46)33(39(5,6)7)44-37(50)51-8/h9-19,23,29-33,43,45H,20-22H2,1-8H3,(H,41,46)(H,42,47)(H,44,50)(H,48,49)/t29-,30-,31-,32-,33+/m0/s1. The van der Waals surface area contributed by atoms with Gasteiger partial charge in [-0.05, 0) is 59.8 Å². The van der Waals surface area contributed by atoms with Gasteiger partial charge in [0.25, 0.3) is 0 Å². The van der Waals surface area contributed by atoms with E-state index >= 15 is 0 Å². The van der Waals surface area contributed by atoms with Gasteiger partial charge in [-0.3, -0.25) is 14.6 Å². The molecule has 3 aromatic rings. The summed E-state index contributed by atoms with van der Waals surface area (Å²) >= 11 is 0. The van der Waals surface area contributed by atoms with Crippen molar-refractivity contribution in [3.63, 3.8) is 0 Å². The molecule has 1 heterocycles. The van der Waals surface area contributed by atoms with Crippen molar-refractivity contribution in [3.8, 4) is 11.1 Å². The number of carboxylic acid groups (broad SMARTS) is 1. The minimum atomic E-state index is -1.34. The van der Waals surface area contributed by atoms with E-state index < -0.39 is 65.1 Å². The number of aromatic nitrogens is 1. The highest BCUT2D eigenvalue weighted by Gasteiger charge is 2.37. The summed E-state index contributed by atoms with van der Waals surface area (Å²) in [5, 5.41) is 32.3. The second kappa shape index (κ2) is 17.8. The predicted molar refractivity (Wildman–Crippen MR) is 196 cm³/mol. The summed E-state index contributed by atoms with van der Waals surface area (Å²) in [5.41, 5.74) is 3.07. The van der Waals surface area contributed by atoms with Gasteiger partial charge in [-0.15, -0.1) is 0 Å². The van der Waals surface area contributed by atoms with Crippen molar-refractivity contribution in [1.82, 2.24) is 26.3 Å². The lowest BCUT2D eigenvalue weighted by molar-refractivity contribution is -0.128. The molecule has 276 valence electrons. The van der Waals surface area contributed by atoms with Crippen LogP contribution in [0.3, 0.4) is 0 Å². The number of methoxy groups -OCH3 is 1. The molecule has 0 aliphatic carbocycles. The van der Waals surface area contributed by atoms with E-state index in [0.717, 1.165) is 27.9 Å². The molecule has 12 nitrogen and oxygen atoms in total. The molecule has 0 aliphatic heterocycles. The zero-order chi connectivity index (χ0) is 37.9. The van der Waals surface area contributed by atoms with Gasteiger partial charge in [0, 0.05) is 23.5 Å². The molecule has 1 aromatic heterocycles. The normalized spacial score (nSPS) is 14.6. The quantitative estimate of drug-likeness (QED) is 0.136. The van der Waals surface area contributed by atoms with Crippen molar-refractivity contribution in [3.05, 3.63) is 89.7 Å². The maximum absolute atomic E-state index is 13.7. The van der Waals surface area contributed by atoms with Gasteiger partial charge in [-0.25, -0.2) is 9.59 Å². The number of hydrogen-bond donors (Lipinski definition) is 6. The van der Waals surface area contributed by atoms with Gasteiger partial charge in [-0.2, -0.15) is 0 Å². The average molecular weight is 704 g/mol. The van der Waals surface area contributed by atoms with Gasteiger partial charge in [0.05, 0.1) is 19.3 Å². The number of ether oxygens (including phenoxy) is 1. The van der Waals surface area contributed by atoms with E-state index in [0.29, 0.717) is 6.42 Å². The molecule has 3 rings (SSSR count). The highest BCUT2D eigenvalue weighted by atomic mass is 16.5. The van der Waals surface area contributed by atoms with E-state index in [1.165, 1.54) is 7.11 Å². The summed E-state index contributed by atoms with van der Waals surface area (Å²) in [6.07, 6.45) is -0.890. The maximum atomic E-state index is 13.7. The third-order valence-electron chi connectivity index (χ3n) is 8.62. The van der Waals surface area contributed by atoms with Crippen LogP contribution in [0.15, 0.2) is 72.9 Å². The Morgan fingerprint density at radius 1 is 0.725 bits per heavy atom. The van der Waals surface area contributed by atoms with Crippen LogP contribution in [0.5, 0.6) is 0 Å². The van der Waals surface area contributed by atoms with Crippen LogP contribution < -0.4 is 21.3 Å². The van der Waals surface area contributed by atoms with E-state index in [2.05, 4.69) is 26.3 Å². The molecule has 0 unspecified atom stereocenters. The molecule has 2 aromatic carbocycles. The summed E-state index contributed by atoms with van der Waals surface area (Å²) in [4.78, 5) is 55.6. The van der Waals surface area contributed by atoms with Crippen molar-refractivity contribution in [1.29, 1.82) is 0 Å². The van der Waals surface area contributed by atoms with Gasteiger partial charge < -0.3 is 36.2 Å². The molecule has 51 heavy (non-hydrogen) atoms. The lowest BCUT2D eigenvalue weighted by Crippen LogP contribution is -2.58. The first kappa shape index (κ1) is 40.5. The fourth-order valence-electron chi connectivity index (χ4n) is 5.76. The van der Waals surface area contributed by atoms with E-state index in [1.807, 2.05) is 94.4 Å².